The standard InChI is InChI=1S/C18H19BrN2O5S/c1-13-11-20(12-17(19)18(26-13)14-5-3-2-4-6-14)27(24,25)16-9-7-15(8-10-16)21(22)23/h2-10,13,17-18H,11-12H2,1H3/t13-,17-,18+/m1/s1. The molecule has 2 aromatic rings. The summed E-state index contributed by atoms with van der Waals surface area (Å²) in [7, 11) is -3.80. The average Bonchev–Trinajstić information content (AvgIpc) is 2.81. The molecule has 7 nitrogen and oxygen atoms in total. The van der Waals surface area contributed by atoms with E-state index in [0.29, 0.717) is 0 Å². The van der Waals surface area contributed by atoms with Gasteiger partial charge in [0.2, 0.25) is 10.0 Å². The first-order valence-corrected chi connectivity index (χ1v) is 10.7. The van der Waals surface area contributed by atoms with E-state index in [4.69, 9.17) is 4.74 Å². The summed E-state index contributed by atoms with van der Waals surface area (Å²) in [6.45, 7) is 2.26. The number of alkyl halides is 1. The van der Waals surface area contributed by atoms with E-state index in [9.17, 15) is 18.5 Å². The van der Waals surface area contributed by atoms with Crippen molar-refractivity contribution in [2.45, 2.75) is 28.9 Å². The van der Waals surface area contributed by atoms with Crippen molar-refractivity contribution in [1.82, 2.24) is 4.31 Å². The van der Waals surface area contributed by atoms with Gasteiger partial charge in [0.25, 0.3) is 5.69 Å². The molecule has 2 aromatic carbocycles. The first kappa shape index (κ1) is 19.9. The molecular weight excluding hydrogens is 436 g/mol. The van der Waals surface area contributed by atoms with Crippen LogP contribution >= 0.6 is 15.9 Å². The van der Waals surface area contributed by atoms with Crippen LogP contribution in [0.4, 0.5) is 5.69 Å². The van der Waals surface area contributed by atoms with Gasteiger partial charge in [-0.15, -0.1) is 0 Å². The predicted octanol–water partition coefficient (Wildman–Crippen LogP) is 3.51. The molecule has 0 aromatic heterocycles. The summed E-state index contributed by atoms with van der Waals surface area (Å²) in [5.74, 6) is 0. The summed E-state index contributed by atoms with van der Waals surface area (Å²) in [6.07, 6.45) is -0.594. The van der Waals surface area contributed by atoms with Crippen molar-refractivity contribution >= 4 is 31.6 Å². The Labute approximate surface area is 166 Å². The first-order valence-electron chi connectivity index (χ1n) is 8.38. The lowest BCUT2D eigenvalue weighted by molar-refractivity contribution is -0.384. The number of halogens is 1. The van der Waals surface area contributed by atoms with Gasteiger partial charge in [-0.1, -0.05) is 46.3 Å². The Kier molecular flexibility index (Phi) is 5.95. The van der Waals surface area contributed by atoms with Gasteiger partial charge in [0.1, 0.15) is 0 Å². The molecule has 3 rings (SSSR count). The van der Waals surface area contributed by atoms with Crippen LogP contribution in [0.5, 0.6) is 0 Å². The topological polar surface area (TPSA) is 89.8 Å². The average molecular weight is 455 g/mol. The number of sulfonamides is 1. The SMILES string of the molecule is C[C@@H]1CN(S(=O)(=O)c2ccc([N+](=O)[O-])cc2)C[C@@H](Br)[C@H](c2ccccc2)O1. The van der Waals surface area contributed by atoms with Crippen LogP contribution in [0.15, 0.2) is 59.5 Å². The van der Waals surface area contributed by atoms with Crippen molar-refractivity contribution in [3.05, 3.63) is 70.3 Å². The number of nitro benzene ring substituents is 1. The Balaban J connectivity index is 1.87. The minimum Gasteiger partial charge on any atom is -0.368 e. The molecule has 1 aliphatic rings. The van der Waals surface area contributed by atoms with Crippen LogP contribution in [-0.4, -0.2) is 41.7 Å². The second-order valence-electron chi connectivity index (χ2n) is 6.37. The number of ether oxygens (including phenoxy) is 1. The van der Waals surface area contributed by atoms with Gasteiger partial charge in [0.15, 0.2) is 0 Å². The van der Waals surface area contributed by atoms with Crippen molar-refractivity contribution in [3.8, 4) is 0 Å². The summed E-state index contributed by atoms with van der Waals surface area (Å²) < 4.78 is 33.5. The predicted molar refractivity (Wildman–Crippen MR) is 104 cm³/mol. The summed E-state index contributed by atoms with van der Waals surface area (Å²) in [5.41, 5.74) is 0.824. The molecule has 0 amide bonds. The van der Waals surface area contributed by atoms with Crippen molar-refractivity contribution in [2.75, 3.05) is 13.1 Å². The molecule has 1 aliphatic heterocycles. The minimum absolute atomic E-state index is 0.0261. The molecule has 0 spiro atoms. The van der Waals surface area contributed by atoms with Crippen LogP contribution in [0.25, 0.3) is 0 Å². The van der Waals surface area contributed by atoms with Crippen LogP contribution < -0.4 is 0 Å². The highest BCUT2D eigenvalue weighted by Gasteiger charge is 2.36. The van der Waals surface area contributed by atoms with Crippen molar-refractivity contribution in [2.24, 2.45) is 0 Å². The molecule has 3 atom stereocenters. The van der Waals surface area contributed by atoms with Crippen molar-refractivity contribution < 1.29 is 18.1 Å². The number of rotatable bonds is 4. The van der Waals surface area contributed by atoms with Crippen molar-refractivity contribution in [3.63, 3.8) is 0 Å². The zero-order valence-corrected chi connectivity index (χ0v) is 17.0. The molecule has 1 heterocycles. The van der Waals surface area contributed by atoms with Gasteiger partial charge in [-0.2, -0.15) is 4.31 Å². The number of nitro groups is 1. The highest BCUT2D eigenvalue weighted by atomic mass is 79.9. The highest BCUT2D eigenvalue weighted by molar-refractivity contribution is 9.09. The van der Waals surface area contributed by atoms with E-state index in [2.05, 4.69) is 15.9 Å². The summed E-state index contributed by atoms with van der Waals surface area (Å²) in [4.78, 5) is 10.0. The number of non-ortho nitro benzene ring substituents is 1. The van der Waals surface area contributed by atoms with Gasteiger partial charge in [0, 0.05) is 25.2 Å². The number of benzene rings is 2. The Morgan fingerprint density at radius 3 is 2.33 bits per heavy atom. The van der Waals surface area contributed by atoms with E-state index in [0.717, 1.165) is 5.56 Å². The summed E-state index contributed by atoms with van der Waals surface area (Å²) in [5, 5.41) is 10.8. The smallest absolute Gasteiger partial charge is 0.269 e. The summed E-state index contributed by atoms with van der Waals surface area (Å²) in [6, 6.07) is 14.6. The van der Waals surface area contributed by atoms with Crippen molar-refractivity contribution in [1.29, 1.82) is 0 Å². The number of hydrogen-bond donors (Lipinski definition) is 0. The third kappa shape index (κ3) is 4.37. The fourth-order valence-electron chi connectivity index (χ4n) is 3.05. The van der Waals surface area contributed by atoms with E-state index < -0.39 is 14.9 Å². The molecule has 0 radical (unpaired) electrons. The molecule has 0 N–H and O–H groups in total. The summed E-state index contributed by atoms with van der Waals surface area (Å²) >= 11 is 3.58. The Bertz CT molecular complexity index is 905. The third-order valence-corrected chi connectivity index (χ3v) is 6.98. The Morgan fingerprint density at radius 1 is 1.11 bits per heavy atom. The maximum atomic E-state index is 13.0. The van der Waals surface area contributed by atoms with Crippen LogP contribution in [0, 0.1) is 10.1 Å². The first-order chi connectivity index (χ1) is 12.8. The second-order valence-corrected chi connectivity index (χ2v) is 9.48. The zero-order valence-electron chi connectivity index (χ0n) is 14.6. The van der Waals surface area contributed by atoms with E-state index >= 15 is 0 Å². The number of nitrogens with zero attached hydrogens (tertiary/aromatic N) is 2. The molecule has 0 unspecified atom stereocenters. The number of hydrogen-bond acceptors (Lipinski definition) is 5. The van der Waals surface area contributed by atoms with Crippen LogP contribution in [0.2, 0.25) is 0 Å². The zero-order chi connectivity index (χ0) is 19.6. The van der Waals surface area contributed by atoms with Gasteiger partial charge in [-0.05, 0) is 24.6 Å². The van der Waals surface area contributed by atoms with Gasteiger partial charge in [-0.25, -0.2) is 8.42 Å². The fourth-order valence-corrected chi connectivity index (χ4v) is 5.56. The molecule has 0 aliphatic carbocycles. The van der Waals surface area contributed by atoms with E-state index in [-0.39, 0.29) is 40.7 Å². The minimum atomic E-state index is -3.80. The molecular formula is C18H19BrN2O5S. The Hall–Kier alpha value is -1.81. The monoisotopic (exact) mass is 454 g/mol. The molecule has 1 fully saturated rings. The van der Waals surface area contributed by atoms with Crippen LogP contribution in [0.3, 0.4) is 0 Å². The maximum absolute atomic E-state index is 13.0. The van der Waals surface area contributed by atoms with Gasteiger partial charge in [-0.3, -0.25) is 10.1 Å². The lowest BCUT2D eigenvalue weighted by Crippen LogP contribution is -2.38. The normalized spacial score (nSPS) is 24.3. The molecule has 9 heteroatoms. The third-order valence-electron chi connectivity index (χ3n) is 4.36. The molecule has 1 saturated heterocycles. The highest BCUT2D eigenvalue weighted by Crippen LogP contribution is 2.33. The molecule has 0 saturated carbocycles. The maximum Gasteiger partial charge on any atom is 0.269 e. The molecule has 27 heavy (non-hydrogen) atoms. The fraction of sp³-hybridized carbons (Fsp3) is 0.333. The van der Waals surface area contributed by atoms with Gasteiger partial charge in [0.05, 0.1) is 26.9 Å². The van der Waals surface area contributed by atoms with E-state index in [1.165, 1.54) is 28.6 Å². The lowest BCUT2D eigenvalue weighted by Gasteiger charge is -2.23. The van der Waals surface area contributed by atoms with Gasteiger partial charge >= 0.3 is 0 Å². The largest absolute Gasteiger partial charge is 0.368 e. The quantitative estimate of drug-likeness (QED) is 0.400. The van der Waals surface area contributed by atoms with Crippen LogP contribution in [-0.2, 0) is 14.8 Å². The second kappa shape index (κ2) is 8.05. The van der Waals surface area contributed by atoms with Crippen LogP contribution in [0.1, 0.15) is 18.6 Å². The van der Waals surface area contributed by atoms with Gasteiger partial charge < -0.3 is 4.74 Å². The van der Waals surface area contributed by atoms with E-state index in [1.807, 2.05) is 37.3 Å². The molecule has 0 bridgehead atoms. The molecule has 144 valence electrons. The van der Waals surface area contributed by atoms with E-state index in [1.54, 1.807) is 0 Å². The Morgan fingerprint density at radius 2 is 1.74 bits per heavy atom. The lowest BCUT2D eigenvalue weighted by atomic mass is 10.1.